The van der Waals surface area contributed by atoms with Gasteiger partial charge in [-0.3, -0.25) is 5.32 Å². The van der Waals surface area contributed by atoms with Crippen LogP contribution in [0.15, 0.2) is 11.4 Å². The first-order valence-electron chi connectivity index (χ1n) is 4.00. The van der Waals surface area contributed by atoms with Gasteiger partial charge in [0.25, 0.3) is 0 Å². The first-order valence-corrected chi connectivity index (χ1v) is 4.00. The van der Waals surface area contributed by atoms with Crippen molar-refractivity contribution in [2.45, 2.75) is 13.3 Å². The quantitative estimate of drug-likeness (QED) is 0.543. The number of rotatable bonds is 3. The number of carbonyl (C=O) groups excluding carboxylic acids is 1. The minimum Gasteiger partial charge on any atom is -0.388 e. The summed E-state index contributed by atoms with van der Waals surface area (Å²) in [5.41, 5.74) is 4.62. The van der Waals surface area contributed by atoms with Crippen molar-refractivity contribution in [2.75, 3.05) is 6.54 Å². The Balaban J connectivity index is 4.31. The van der Waals surface area contributed by atoms with Crippen LogP contribution >= 0.6 is 0 Å². The first kappa shape index (κ1) is 11.8. The van der Waals surface area contributed by atoms with E-state index in [1.54, 1.807) is 12.1 Å². The number of urea groups is 1. The zero-order valence-electron chi connectivity index (χ0n) is 7.79. The molecule has 0 aromatic heterocycles. The zero-order chi connectivity index (χ0) is 11.0. The van der Waals surface area contributed by atoms with E-state index in [1.807, 2.05) is 6.92 Å². The summed E-state index contributed by atoms with van der Waals surface area (Å²) in [5, 5.41) is 21.5. The van der Waals surface area contributed by atoms with Gasteiger partial charge >= 0.3 is 6.03 Å². The van der Waals surface area contributed by atoms with Crippen LogP contribution < -0.4 is 16.4 Å². The van der Waals surface area contributed by atoms with Gasteiger partial charge < -0.3 is 11.1 Å². The third-order valence-electron chi connectivity index (χ3n) is 1.28. The zero-order valence-corrected chi connectivity index (χ0v) is 7.79. The van der Waals surface area contributed by atoms with Gasteiger partial charge in [-0.15, -0.1) is 0 Å². The van der Waals surface area contributed by atoms with Gasteiger partial charge in [-0.1, -0.05) is 6.92 Å². The molecule has 2 amide bonds. The molecule has 0 fully saturated rings. The Morgan fingerprint density at radius 1 is 1.43 bits per heavy atom. The Hall–Kier alpha value is -2.21. The lowest BCUT2D eigenvalue weighted by molar-refractivity contribution is 0.243. The Labute approximate surface area is 82.0 Å². The van der Waals surface area contributed by atoms with Gasteiger partial charge in [0.1, 0.15) is 17.8 Å². The molecule has 0 aliphatic rings. The number of nitrogens with two attached hydrogens (primary N) is 1. The van der Waals surface area contributed by atoms with E-state index in [2.05, 4.69) is 10.6 Å². The van der Waals surface area contributed by atoms with Crippen molar-refractivity contribution in [3.63, 3.8) is 0 Å². The second kappa shape index (κ2) is 6.32. The molecule has 4 N–H and O–H groups in total. The molecule has 0 aliphatic heterocycles. The maximum atomic E-state index is 11.0. The summed E-state index contributed by atoms with van der Waals surface area (Å²) in [5.74, 6) is 0. The van der Waals surface area contributed by atoms with E-state index in [-0.39, 0.29) is 11.4 Å². The molecule has 0 saturated heterocycles. The van der Waals surface area contributed by atoms with Crippen LogP contribution in [0.25, 0.3) is 0 Å². The molecule has 74 valence electrons. The van der Waals surface area contributed by atoms with Crippen LogP contribution in [0.3, 0.4) is 0 Å². The summed E-state index contributed by atoms with van der Waals surface area (Å²) in [6.45, 7) is 2.39. The Morgan fingerprint density at radius 3 is 2.50 bits per heavy atom. The first-order chi connectivity index (χ1) is 6.65. The van der Waals surface area contributed by atoms with Crippen LogP contribution in [0, 0.1) is 22.7 Å². The van der Waals surface area contributed by atoms with Gasteiger partial charge in [0.15, 0.2) is 5.70 Å². The molecule has 0 rings (SSSR count). The lowest BCUT2D eigenvalue weighted by Crippen LogP contribution is -2.36. The largest absolute Gasteiger partial charge is 0.388 e. The number of amides is 2. The second-order valence-electron chi connectivity index (χ2n) is 2.39. The third kappa shape index (κ3) is 3.98. The monoisotopic (exact) mass is 193 g/mol. The molecule has 0 atom stereocenters. The highest BCUT2D eigenvalue weighted by Gasteiger charge is 2.06. The summed E-state index contributed by atoms with van der Waals surface area (Å²) < 4.78 is 0. The van der Waals surface area contributed by atoms with Crippen LogP contribution in [0.1, 0.15) is 13.3 Å². The van der Waals surface area contributed by atoms with Crippen molar-refractivity contribution in [1.82, 2.24) is 10.6 Å². The minimum atomic E-state index is -0.540. The van der Waals surface area contributed by atoms with Crippen LogP contribution in [-0.2, 0) is 0 Å². The lowest BCUT2D eigenvalue weighted by atomic mass is 10.4. The summed E-state index contributed by atoms with van der Waals surface area (Å²) in [4.78, 5) is 11.0. The second-order valence-corrected chi connectivity index (χ2v) is 2.39. The molecule has 0 radical (unpaired) electrons. The maximum absolute atomic E-state index is 11.0. The fourth-order valence-corrected chi connectivity index (χ4v) is 0.608. The number of hydrogen-bond acceptors (Lipinski definition) is 4. The van der Waals surface area contributed by atoms with E-state index in [1.165, 1.54) is 0 Å². The molecule has 0 aliphatic carbocycles. The standard InChI is InChI=1S/C8H11N5O/c1-2-3-12-8(14)13-7(5-10)6(11)4-9/h2-3,11H2,1H3,(H2,12,13,14). The van der Waals surface area contributed by atoms with Crippen molar-refractivity contribution in [1.29, 1.82) is 10.5 Å². The van der Waals surface area contributed by atoms with Crippen molar-refractivity contribution < 1.29 is 4.79 Å². The molecule has 6 heteroatoms. The summed E-state index contributed by atoms with van der Waals surface area (Å²) in [6, 6.07) is 2.65. The molecule has 0 bridgehead atoms. The molecule has 0 heterocycles. The highest BCUT2D eigenvalue weighted by atomic mass is 16.2. The molecule has 6 nitrogen and oxygen atoms in total. The smallest absolute Gasteiger partial charge is 0.319 e. The predicted molar refractivity (Wildman–Crippen MR) is 49.3 cm³/mol. The summed E-state index contributed by atoms with van der Waals surface area (Å²) >= 11 is 0. The molecule has 0 saturated carbocycles. The van der Waals surface area contributed by atoms with Gasteiger partial charge in [-0.25, -0.2) is 4.79 Å². The Morgan fingerprint density at radius 2 is 2.07 bits per heavy atom. The van der Waals surface area contributed by atoms with Gasteiger partial charge in [0.05, 0.1) is 0 Å². The highest BCUT2D eigenvalue weighted by molar-refractivity contribution is 5.77. The normalized spacial score (nSPS) is 10.5. The molecular formula is C8H11N5O. The minimum absolute atomic E-state index is 0.235. The highest BCUT2D eigenvalue weighted by Crippen LogP contribution is 1.90. The number of nitrogens with zero attached hydrogens (tertiary/aromatic N) is 2. The van der Waals surface area contributed by atoms with E-state index >= 15 is 0 Å². The molecule has 0 aromatic rings. The van der Waals surface area contributed by atoms with Crippen molar-refractivity contribution in [2.24, 2.45) is 5.73 Å². The molecule has 0 unspecified atom stereocenters. The summed E-state index contributed by atoms with van der Waals surface area (Å²) in [6.07, 6.45) is 0.784. The predicted octanol–water partition coefficient (Wildman–Crippen LogP) is -0.0869. The maximum Gasteiger partial charge on any atom is 0.319 e. The Kier molecular flexibility index (Phi) is 5.32. The van der Waals surface area contributed by atoms with Gasteiger partial charge in [0, 0.05) is 6.54 Å². The van der Waals surface area contributed by atoms with Gasteiger partial charge in [-0.05, 0) is 6.42 Å². The number of carbonyl (C=O) groups is 1. The number of allylic oxidation sites excluding steroid dienone is 2. The van der Waals surface area contributed by atoms with E-state index in [9.17, 15) is 4.79 Å². The van der Waals surface area contributed by atoms with Crippen LogP contribution in [0.5, 0.6) is 0 Å². The van der Waals surface area contributed by atoms with E-state index in [4.69, 9.17) is 16.3 Å². The summed E-state index contributed by atoms with van der Waals surface area (Å²) in [7, 11) is 0. The van der Waals surface area contributed by atoms with E-state index in [0.29, 0.717) is 6.54 Å². The fraction of sp³-hybridized carbons (Fsp3) is 0.375. The van der Waals surface area contributed by atoms with E-state index < -0.39 is 6.03 Å². The van der Waals surface area contributed by atoms with Gasteiger partial charge in [-0.2, -0.15) is 10.5 Å². The van der Waals surface area contributed by atoms with Crippen molar-refractivity contribution >= 4 is 6.03 Å². The van der Waals surface area contributed by atoms with Gasteiger partial charge in [0.2, 0.25) is 0 Å². The molecular weight excluding hydrogens is 182 g/mol. The number of nitriles is 2. The third-order valence-corrected chi connectivity index (χ3v) is 1.28. The lowest BCUT2D eigenvalue weighted by Gasteiger charge is -2.04. The molecule has 14 heavy (non-hydrogen) atoms. The average Bonchev–Trinajstić information content (AvgIpc) is 2.21. The van der Waals surface area contributed by atoms with Crippen molar-refractivity contribution in [3.8, 4) is 12.1 Å². The van der Waals surface area contributed by atoms with E-state index in [0.717, 1.165) is 6.42 Å². The number of hydrogen-bond donors (Lipinski definition) is 3. The van der Waals surface area contributed by atoms with Crippen LogP contribution in [0.4, 0.5) is 4.79 Å². The SMILES string of the molecule is CCCNC(=O)NC(C#N)=C(N)C#N. The molecule has 0 aromatic carbocycles. The fourth-order valence-electron chi connectivity index (χ4n) is 0.608. The van der Waals surface area contributed by atoms with Crippen LogP contribution in [-0.4, -0.2) is 12.6 Å². The molecule has 0 spiro atoms. The average molecular weight is 193 g/mol. The topological polar surface area (TPSA) is 115 Å². The van der Waals surface area contributed by atoms with Crippen molar-refractivity contribution in [3.05, 3.63) is 11.4 Å². The number of nitrogens with one attached hydrogen (secondary N) is 2. The van der Waals surface area contributed by atoms with Crippen LogP contribution in [0.2, 0.25) is 0 Å². The Bertz CT molecular complexity index is 320.